The second-order valence-corrected chi connectivity index (χ2v) is 5.24. The van der Waals surface area contributed by atoms with Crippen molar-refractivity contribution >= 4 is 23.2 Å². The summed E-state index contributed by atoms with van der Waals surface area (Å²) in [6, 6.07) is 13.6. The van der Waals surface area contributed by atoms with E-state index in [0.29, 0.717) is 22.5 Å². The summed E-state index contributed by atoms with van der Waals surface area (Å²) in [5.74, 6) is 0.476. The Morgan fingerprint density at radius 3 is 2.38 bits per heavy atom. The van der Waals surface area contributed by atoms with E-state index in [1.54, 1.807) is 6.07 Å². The third-order valence-corrected chi connectivity index (χ3v) is 3.73. The summed E-state index contributed by atoms with van der Waals surface area (Å²) in [5, 5.41) is 11.1. The smallest absolute Gasteiger partial charge is 0.253 e. The lowest BCUT2D eigenvalue weighted by molar-refractivity contribution is 0.293. The predicted octanol–water partition coefficient (Wildman–Crippen LogP) is 4.36. The van der Waals surface area contributed by atoms with Gasteiger partial charge in [-0.2, -0.15) is 10.3 Å². The molecule has 0 saturated carbocycles. The minimum atomic E-state index is 0.439. The molecule has 0 spiro atoms. The normalized spacial score (nSPS) is 10.6. The molecule has 21 heavy (non-hydrogen) atoms. The van der Waals surface area contributed by atoms with Crippen LogP contribution in [0, 0.1) is 0 Å². The predicted molar refractivity (Wildman–Crippen MR) is 82.6 cm³/mol. The number of H-pyrrole nitrogens is 1. The van der Waals surface area contributed by atoms with E-state index in [-0.39, 0.29) is 0 Å². The van der Waals surface area contributed by atoms with Crippen molar-refractivity contribution in [3.05, 3.63) is 64.3 Å². The summed E-state index contributed by atoms with van der Waals surface area (Å²) in [6.45, 7) is 0.439. The number of halogens is 2. The van der Waals surface area contributed by atoms with Crippen LogP contribution >= 0.6 is 23.2 Å². The van der Waals surface area contributed by atoms with Gasteiger partial charge in [0.1, 0.15) is 12.8 Å². The van der Waals surface area contributed by atoms with Crippen LogP contribution in [0.4, 0.5) is 0 Å². The average Bonchev–Trinajstić information content (AvgIpc) is 3.02. The van der Waals surface area contributed by atoms with Gasteiger partial charge in [-0.05, 0) is 28.8 Å². The molecule has 0 aliphatic rings. The molecule has 1 aromatic heterocycles. The first-order chi connectivity index (χ1) is 10.2. The lowest BCUT2D eigenvalue weighted by atomic mass is 10.0. The molecule has 0 radical (unpaired) electrons. The van der Waals surface area contributed by atoms with Crippen molar-refractivity contribution in [2.75, 3.05) is 0 Å². The van der Waals surface area contributed by atoms with Crippen LogP contribution in [0.1, 0.15) is 5.56 Å². The van der Waals surface area contributed by atoms with Crippen LogP contribution < -0.4 is 4.74 Å². The van der Waals surface area contributed by atoms with E-state index < -0.39 is 0 Å². The zero-order valence-corrected chi connectivity index (χ0v) is 12.4. The fourth-order valence-corrected chi connectivity index (χ4v) is 2.19. The number of benzene rings is 2. The maximum Gasteiger partial charge on any atom is 0.253 e. The van der Waals surface area contributed by atoms with Crippen molar-refractivity contribution in [1.29, 1.82) is 0 Å². The zero-order chi connectivity index (χ0) is 14.7. The second-order valence-electron chi connectivity index (χ2n) is 4.42. The van der Waals surface area contributed by atoms with Crippen molar-refractivity contribution in [3.8, 4) is 17.0 Å². The van der Waals surface area contributed by atoms with E-state index in [9.17, 15) is 0 Å². The first kappa shape index (κ1) is 13.9. The number of nitrogens with one attached hydrogen (secondary N) is 1. The van der Waals surface area contributed by atoms with E-state index in [1.165, 1.54) is 6.20 Å². The molecule has 2 aromatic carbocycles. The minimum absolute atomic E-state index is 0.439. The van der Waals surface area contributed by atoms with E-state index in [2.05, 4.69) is 15.4 Å². The van der Waals surface area contributed by atoms with Crippen LogP contribution in [0.15, 0.2) is 48.7 Å². The summed E-state index contributed by atoms with van der Waals surface area (Å²) in [7, 11) is 0. The van der Waals surface area contributed by atoms with Crippen molar-refractivity contribution < 1.29 is 4.74 Å². The molecular formula is C15H11Cl2N3O. The van der Waals surface area contributed by atoms with E-state index in [0.717, 1.165) is 16.7 Å². The van der Waals surface area contributed by atoms with Gasteiger partial charge >= 0.3 is 0 Å². The molecule has 3 aromatic rings. The quantitative estimate of drug-likeness (QED) is 0.777. The molecule has 0 fully saturated rings. The Labute approximate surface area is 131 Å². The summed E-state index contributed by atoms with van der Waals surface area (Å²) < 4.78 is 5.47. The van der Waals surface area contributed by atoms with Crippen LogP contribution in [0.3, 0.4) is 0 Å². The molecule has 0 aliphatic heterocycles. The lowest BCUT2D eigenvalue weighted by Gasteiger charge is -2.06. The molecule has 0 bridgehead atoms. The highest BCUT2D eigenvalue weighted by Crippen LogP contribution is 2.28. The number of aromatic nitrogens is 3. The van der Waals surface area contributed by atoms with Crippen LogP contribution in [0.2, 0.25) is 10.0 Å². The molecule has 106 valence electrons. The van der Waals surface area contributed by atoms with Gasteiger partial charge in [0.25, 0.3) is 5.88 Å². The fourth-order valence-electron chi connectivity index (χ4n) is 1.89. The number of ether oxygens (including phenoxy) is 1. The van der Waals surface area contributed by atoms with Crippen LogP contribution in [0.5, 0.6) is 5.88 Å². The Balaban J connectivity index is 1.72. The molecule has 1 N–H and O–H groups in total. The fraction of sp³-hybridized carbons (Fsp3) is 0.0667. The maximum absolute atomic E-state index is 6.03. The Bertz CT molecular complexity index is 727. The number of aromatic amines is 1. The van der Waals surface area contributed by atoms with Gasteiger partial charge in [0.05, 0.1) is 10.0 Å². The summed E-state index contributed by atoms with van der Waals surface area (Å²) in [5.41, 5.74) is 3.13. The monoisotopic (exact) mass is 319 g/mol. The second kappa shape index (κ2) is 6.16. The van der Waals surface area contributed by atoms with Crippen molar-refractivity contribution in [2.45, 2.75) is 6.61 Å². The first-order valence-electron chi connectivity index (χ1n) is 6.25. The van der Waals surface area contributed by atoms with Crippen LogP contribution in [0.25, 0.3) is 11.1 Å². The Kier molecular flexibility index (Phi) is 4.08. The largest absolute Gasteiger partial charge is 0.471 e. The SMILES string of the molecule is Clc1ccc(-c2ccc(COc3cn[nH]n3)cc2)cc1Cl. The molecule has 0 unspecified atom stereocenters. The number of hydrogen-bond acceptors (Lipinski definition) is 3. The van der Waals surface area contributed by atoms with E-state index in [4.69, 9.17) is 27.9 Å². The van der Waals surface area contributed by atoms with Gasteiger partial charge < -0.3 is 4.74 Å². The molecule has 0 amide bonds. The highest BCUT2D eigenvalue weighted by atomic mass is 35.5. The van der Waals surface area contributed by atoms with Crippen LogP contribution in [-0.2, 0) is 6.61 Å². The summed E-state index contributed by atoms with van der Waals surface area (Å²) in [6.07, 6.45) is 1.53. The highest BCUT2D eigenvalue weighted by Gasteiger charge is 2.03. The van der Waals surface area contributed by atoms with Gasteiger partial charge in [-0.3, -0.25) is 0 Å². The summed E-state index contributed by atoms with van der Waals surface area (Å²) in [4.78, 5) is 0. The number of rotatable bonds is 4. The molecule has 4 nitrogen and oxygen atoms in total. The number of nitrogens with zero attached hydrogens (tertiary/aromatic N) is 2. The van der Waals surface area contributed by atoms with Gasteiger partial charge in [0, 0.05) is 0 Å². The lowest BCUT2D eigenvalue weighted by Crippen LogP contribution is -1.95. The van der Waals surface area contributed by atoms with Crippen molar-refractivity contribution in [1.82, 2.24) is 15.4 Å². The van der Waals surface area contributed by atoms with Crippen LogP contribution in [-0.4, -0.2) is 15.4 Å². The highest BCUT2D eigenvalue weighted by molar-refractivity contribution is 6.42. The molecule has 0 saturated heterocycles. The molecular weight excluding hydrogens is 309 g/mol. The molecule has 0 aliphatic carbocycles. The van der Waals surface area contributed by atoms with E-state index >= 15 is 0 Å². The third kappa shape index (κ3) is 3.35. The Hall–Kier alpha value is -2.04. The standard InChI is InChI=1S/C15H11Cl2N3O/c16-13-6-5-12(7-14(13)17)11-3-1-10(2-4-11)9-21-15-8-18-20-19-15/h1-8H,9H2,(H,18,19,20). The molecule has 6 heteroatoms. The molecule has 1 heterocycles. The Morgan fingerprint density at radius 1 is 0.952 bits per heavy atom. The van der Waals surface area contributed by atoms with Gasteiger partial charge in [0.15, 0.2) is 0 Å². The summed E-state index contributed by atoms with van der Waals surface area (Å²) >= 11 is 12.0. The Morgan fingerprint density at radius 2 is 1.71 bits per heavy atom. The van der Waals surface area contributed by atoms with Gasteiger partial charge in [-0.25, -0.2) is 0 Å². The van der Waals surface area contributed by atoms with Gasteiger partial charge in [0.2, 0.25) is 0 Å². The minimum Gasteiger partial charge on any atom is -0.471 e. The van der Waals surface area contributed by atoms with E-state index in [1.807, 2.05) is 36.4 Å². The third-order valence-electron chi connectivity index (χ3n) is 2.99. The number of hydrogen-bond donors (Lipinski definition) is 1. The van der Waals surface area contributed by atoms with Gasteiger partial charge in [-0.15, -0.1) is 5.10 Å². The van der Waals surface area contributed by atoms with Crippen molar-refractivity contribution in [3.63, 3.8) is 0 Å². The maximum atomic E-state index is 6.03. The topological polar surface area (TPSA) is 50.8 Å². The van der Waals surface area contributed by atoms with Crippen molar-refractivity contribution in [2.24, 2.45) is 0 Å². The first-order valence-corrected chi connectivity index (χ1v) is 7.01. The average molecular weight is 320 g/mol. The zero-order valence-electron chi connectivity index (χ0n) is 10.9. The molecule has 0 atom stereocenters. The van der Waals surface area contributed by atoms with Gasteiger partial charge in [-0.1, -0.05) is 53.5 Å². The molecule has 3 rings (SSSR count).